The monoisotopic (exact) mass is 703 g/mol. The number of hydrogen-bond acceptors (Lipinski definition) is 5. The highest BCUT2D eigenvalue weighted by Crippen LogP contribution is 2.55. The molecule has 1 heterocycles. The van der Waals surface area contributed by atoms with Gasteiger partial charge in [0.05, 0.1) is 29.6 Å². The van der Waals surface area contributed by atoms with E-state index in [2.05, 4.69) is 20.7 Å². The average molecular weight is 704 g/mol. The summed E-state index contributed by atoms with van der Waals surface area (Å²) < 4.78 is 130. The van der Waals surface area contributed by atoms with Crippen molar-refractivity contribution in [3.63, 3.8) is 0 Å². The maximum absolute atomic E-state index is 14.7. The number of ether oxygens (including phenoxy) is 2. The number of para-hydroxylation sites is 1. The Labute approximate surface area is 250 Å². The molecule has 44 heavy (non-hydrogen) atoms. The van der Waals surface area contributed by atoms with Gasteiger partial charge in [0.2, 0.25) is 0 Å². The summed E-state index contributed by atoms with van der Waals surface area (Å²) in [5, 5.41) is 13.4. The van der Waals surface area contributed by atoms with Crippen molar-refractivity contribution in [3.05, 3.63) is 81.2 Å². The minimum absolute atomic E-state index is 0.00548. The molecular formula is C26H19BrF9N3O5. The number of nitrogens with one attached hydrogen (secondary N) is 1. The van der Waals surface area contributed by atoms with E-state index in [-0.39, 0.29) is 41.2 Å². The number of aromatic nitrogens is 1. The average Bonchev–Trinajstić information content (AvgIpc) is 2.93. The fraction of sp³-hybridized carbons (Fsp3) is 0.269. The first-order valence-electron chi connectivity index (χ1n) is 12.0. The van der Waals surface area contributed by atoms with Crippen LogP contribution in [0.1, 0.15) is 33.2 Å². The van der Waals surface area contributed by atoms with Crippen molar-refractivity contribution in [2.24, 2.45) is 0 Å². The van der Waals surface area contributed by atoms with Gasteiger partial charge in [-0.15, -0.1) is 0 Å². The van der Waals surface area contributed by atoms with Gasteiger partial charge >= 0.3 is 24.6 Å². The van der Waals surface area contributed by atoms with Crippen LogP contribution in [-0.2, 0) is 5.67 Å². The molecule has 0 aliphatic carbocycles. The third-order valence-electron chi connectivity index (χ3n) is 6.03. The Balaban J connectivity index is 2.11. The van der Waals surface area contributed by atoms with E-state index in [1.807, 2.05) is 5.32 Å². The summed E-state index contributed by atoms with van der Waals surface area (Å²) in [6.07, 6.45) is -11.0. The predicted octanol–water partition coefficient (Wildman–Crippen LogP) is 6.90. The fourth-order valence-electron chi connectivity index (χ4n) is 4.02. The van der Waals surface area contributed by atoms with Crippen molar-refractivity contribution < 1.29 is 63.3 Å². The summed E-state index contributed by atoms with van der Waals surface area (Å²) in [5.41, 5.74) is -9.30. The molecule has 1 N–H and O–H groups in total. The molecule has 0 bridgehead atoms. The quantitative estimate of drug-likeness (QED) is 0.149. The van der Waals surface area contributed by atoms with Crippen molar-refractivity contribution >= 4 is 39.1 Å². The molecule has 2 aromatic carbocycles. The zero-order valence-electron chi connectivity index (χ0n) is 22.2. The lowest BCUT2D eigenvalue weighted by Crippen LogP contribution is -2.50. The lowest BCUT2D eigenvalue weighted by molar-refractivity contribution is -0.605. The third kappa shape index (κ3) is 6.63. The first-order valence-corrected chi connectivity index (χ1v) is 12.8. The Morgan fingerprint density at radius 2 is 1.61 bits per heavy atom. The van der Waals surface area contributed by atoms with Gasteiger partial charge in [-0.25, -0.2) is 4.39 Å². The number of methoxy groups -OCH3 is 1. The molecule has 3 aromatic rings. The molecule has 3 rings (SSSR count). The minimum atomic E-state index is -6.57. The van der Waals surface area contributed by atoms with Crippen LogP contribution in [-0.4, -0.2) is 44.4 Å². The molecule has 0 atom stereocenters. The number of carbonyl (C=O) groups is 2. The molecule has 0 saturated carbocycles. The number of alkyl halides is 9. The number of pyridine rings is 1. The molecule has 8 nitrogen and oxygen atoms in total. The summed E-state index contributed by atoms with van der Waals surface area (Å²) in [5.74, 6) is -3.52. The maximum Gasteiger partial charge on any atom is 0.435 e. The Hall–Kier alpha value is -4.22. The van der Waals surface area contributed by atoms with E-state index in [0.717, 1.165) is 30.5 Å². The molecule has 0 spiro atoms. The van der Waals surface area contributed by atoms with Crippen LogP contribution in [0.2, 0.25) is 0 Å². The highest BCUT2D eigenvalue weighted by molar-refractivity contribution is 9.10. The van der Waals surface area contributed by atoms with E-state index in [1.54, 1.807) is 6.92 Å². The van der Waals surface area contributed by atoms with Crippen molar-refractivity contribution in [1.29, 1.82) is 0 Å². The van der Waals surface area contributed by atoms with Crippen molar-refractivity contribution in [2.45, 2.75) is 31.6 Å². The Kier molecular flexibility index (Phi) is 9.96. The molecule has 0 fully saturated rings. The van der Waals surface area contributed by atoms with Crippen LogP contribution in [0.15, 0.2) is 59.3 Å². The molecule has 1 aromatic heterocycles. The molecule has 0 aliphatic rings. The molecule has 0 radical (unpaired) electrons. The summed E-state index contributed by atoms with van der Waals surface area (Å²) >= 11 is 2.60. The van der Waals surface area contributed by atoms with Gasteiger partial charge in [-0.2, -0.15) is 39.9 Å². The number of rotatable bonds is 9. The van der Waals surface area contributed by atoms with Crippen LogP contribution in [0.25, 0.3) is 0 Å². The summed E-state index contributed by atoms with van der Waals surface area (Å²) in [4.78, 5) is 27.6. The highest BCUT2D eigenvalue weighted by atomic mass is 79.9. The normalized spacial score (nSPS) is 12.2. The van der Waals surface area contributed by atoms with Crippen LogP contribution >= 0.6 is 15.9 Å². The van der Waals surface area contributed by atoms with Gasteiger partial charge in [0.25, 0.3) is 11.8 Å². The summed E-state index contributed by atoms with van der Waals surface area (Å²) in [7, 11) is 1.11. The van der Waals surface area contributed by atoms with E-state index in [4.69, 9.17) is 4.74 Å². The molecule has 238 valence electrons. The second-order valence-electron chi connectivity index (χ2n) is 8.67. The largest absolute Gasteiger partial charge is 0.619 e. The number of nitrogens with zero attached hydrogens (tertiary/aromatic N) is 2. The lowest BCUT2D eigenvalue weighted by atomic mass is 9.93. The summed E-state index contributed by atoms with van der Waals surface area (Å²) in [6, 6.07) is 6.02. The van der Waals surface area contributed by atoms with Crippen LogP contribution < -0.4 is 24.4 Å². The first kappa shape index (κ1) is 34.3. The van der Waals surface area contributed by atoms with Gasteiger partial charge < -0.3 is 24.9 Å². The van der Waals surface area contributed by atoms with E-state index in [1.165, 1.54) is 24.3 Å². The molecule has 2 amide bonds. The minimum Gasteiger partial charge on any atom is -0.619 e. The molecule has 0 aliphatic heterocycles. The second-order valence-corrected chi connectivity index (χ2v) is 9.53. The zero-order chi connectivity index (χ0) is 33.2. The standard InChI is InChI=1S/C26H19BrF9N3O5/c1-3-39(22(41)13-7-9-38(42)10-8-13)17-6-4-5-15(20(17)43-2)21(40)37-19-16(27)11-14(12-18(19)44-23(28)29)24(30,25(31,32)33)26(34,35)36/h4-12,23H,3H2,1-2H3,(H,37,40). The smallest absolute Gasteiger partial charge is 0.435 e. The third-order valence-corrected chi connectivity index (χ3v) is 6.66. The first-order chi connectivity index (χ1) is 20.4. The van der Waals surface area contributed by atoms with Crippen LogP contribution in [0, 0.1) is 5.21 Å². The van der Waals surface area contributed by atoms with Gasteiger partial charge in [0, 0.05) is 28.7 Å². The zero-order valence-corrected chi connectivity index (χ0v) is 23.8. The number of halogens is 10. The topological polar surface area (TPSA) is 94.8 Å². The molecular weight excluding hydrogens is 685 g/mol. The van der Waals surface area contributed by atoms with Gasteiger partial charge in [-0.1, -0.05) is 6.07 Å². The molecule has 18 heteroatoms. The van der Waals surface area contributed by atoms with Crippen LogP contribution in [0.5, 0.6) is 11.5 Å². The van der Waals surface area contributed by atoms with Gasteiger partial charge in [0.1, 0.15) is 0 Å². The van der Waals surface area contributed by atoms with Crippen LogP contribution in [0.4, 0.5) is 50.9 Å². The fourth-order valence-corrected chi connectivity index (χ4v) is 4.57. The molecule has 0 saturated heterocycles. The SMILES string of the molecule is CCN(C(=O)c1cc[n+]([O-])cc1)c1cccc(C(=O)Nc2c(Br)cc(C(F)(C(F)(F)F)C(F)(F)F)cc2OC(F)F)c1OC. The molecule has 0 unspecified atom stereocenters. The van der Waals surface area contributed by atoms with E-state index in [9.17, 15) is 54.3 Å². The van der Waals surface area contributed by atoms with Crippen molar-refractivity contribution in [2.75, 3.05) is 23.9 Å². The Morgan fingerprint density at radius 1 is 1.02 bits per heavy atom. The predicted molar refractivity (Wildman–Crippen MR) is 139 cm³/mol. The maximum atomic E-state index is 14.7. The van der Waals surface area contributed by atoms with Gasteiger partial charge in [-0.05, 0) is 47.1 Å². The lowest BCUT2D eigenvalue weighted by Gasteiger charge is -2.31. The van der Waals surface area contributed by atoms with E-state index < -0.39 is 57.9 Å². The Bertz CT molecular complexity index is 1520. The summed E-state index contributed by atoms with van der Waals surface area (Å²) in [6.45, 7) is -2.25. The number of benzene rings is 2. The van der Waals surface area contributed by atoms with Crippen molar-refractivity contribution in [3.8, 4) is 11.5 Å². The van der Waals surface area contributed by atoms with E-state index in [0.29, 0.717) is 4.73 Å². The van der Waals surface area contributed by atoms with E-state index >= 15 is 0 Å². The van der Waals surface area contributed by atoms with Crippen molar-refractivity contribution in [1.82, 2.24) is 0 Å². The number of hydrogen-bond donors (Lipinski definition) is 1. The second kappa shape index (κ2) is 12.8. The van der Waals surface area contributed by atoms with Crippen LogP contribution in [0.3, 0.4) is 0 Å². The number of anilines is 2. The van der Waals surface area contributed by atoms with Gasteiger partial charge in [-0.3, -0.25) is 9.59 Å². The number of amides is 2. The Morgan fingerprint density at radius 3 is 2.11 bits per heavy atom. The highest BCUT2D eigenvalue weighted by Gasteiger charge is 2.73. The number of carbonyl (C=O) groups excluding carboxylic acids is 2. The van der Waals surface area contributed by atoms with Gasteiger partial charge in [0.15, 0.2) is 23.9 Å².